The third-order valence-corrected chi connectivity index (χ3v) is 16.5. The molecule has 516 valence electrons. The van der Waals surface area contributed by atoms with Crippen LogP contribution in [0, 0.1) is 0 Å². The minimum absolute atomic E-state index is 0.0946. The van der Waals surface area contributed by atoms with Gasteiger partial charge in [-0.2, -0.15) is 0 Å². The van der Waals surface area contributed by atoms with Gasteiger partial charge >= 0.3 is 33.6 Å². The number of allylic oxidation sites excluding steroid dienone is 14. The molecule has 0 aliphatic heterocycles. The van der Waals surface area contributed by atoms with Crippen LogP contribution >= 0.6 is 15.6 Å². The Morgan fingerprint density at radius 1 is 0.326 bits per heavy atom. The van der Waals surface area contributed by atoms with E-state index < -0.39 is 91.5 Å². The van der Waals surface area contributed by atoms with Gasteiger partial charge in [-0.25, -0.2) is 9.13 Å². The molecule has 0 heterocycles. The molecular formula is C71H126O16P2. The van der Waals surface area contributed by atoms with Gasteiger partial charge < -0.3 is 34.2 Å². The first kappa shape index (κ1) is 85.7. The van der Waals surface area contributed by atoms with Gasteiger partial charge in [0.2, 0.25) is 0 Å². The highest BCUT2D eigenvalue weighted by Crippen LogP contribution is 2.45. The zero-order valence-electron chi connectivity index (χ0n) is 55.8. The third-order valence-electron chi connectivity index (χ3n) is 14.6. The molecule has 0 fully saturated rings. The SMILES string of the molecule is CC/C=C\C/C=C\C/C=C\C/C=C\C/C=C\CCCCCCCCCC(=O)OCC(O)COP(=O)(O)OCC(O)COP(=O)(O)OCC(COC(=O)CCCCCCC/C=C\CCCCCCCC)OC(=O)CCCCCCC/C=C\CCCCCCCC. The summed E-state index contributed by atoms with van der Waals surface area (Å²) in [5, 5.41) is 20.5. The van der Waals surface area contributed by atoms with E-state index in [-0.39, 0.29) is 19.3 Å². The highest BCUT2D eigenvalue weighted by atomic mass is 31.2. The van der Waals surface area contributed by atoms with Crippen molar-refractivity contribution in [3.8, 4) is 0 Å². The summed E-state index contributed by atoms with van der Waals surface area (Å²) in [7, 11) is -9.78. The van der Waals surface area contributed by atoms with Crippen LogP contribution in [0.2, 0.25) is 0 Å². The second-order valence-electron chi connectivity index (χ2n) is 23.3. The molecule has 89 heavy (non-hydrogen) atoms. The van der Waals surface area contributed by atoms with Crippen molar-refractivity contribution in [2.24, 2.45) is 0 Å². The van der Waals surface area contributed by atoms with E-state index in [0.29, 0.717) is 19.3 Å². The number of rotatable bonds is 66. The summed E-state index contributed by atoms with van der Waals surface area (Å²) in [6, 6.07) is 0. The Morgan fingerprint density at radius 3 is 0.955 bits per heavy atom. The molecule has 0 bridgehead atoms. The zero-order chi connectivity index (χ0) is 65.3. The van der Waals surface area contributed by atoms with Gasteiger partial charge in [0.25, 0.3) is 0 Å². The van der Waals surface area contributed by atoms with E-state index in [1.165, 1.54) is 77.0 Å². The van der Waals surface area contributed by atoms with E-state index in [9.17, 15) is 43.5 Å². The van der Waals surface area contributed by atoms with E-state index in [4.69, 9.17) is 32.3 Å². The van der Waals surface area contributed by atoms with Crippen molar-refractivity contribution in [3.05, 3.63) is 85.1 Å². The highest BCUT2D eigenvalue weighted by molar-refractivity contribution is 7.47. The van der Waals surface area contributed by atoms with E-state index in [2.05, 4.69) is 106 Å². The second kappa shape index (κ2) is 64.8. The smallest absolute Gasteiger partial charge is 0.463 e. The Hall–Kier alpha value is -3.27. The topological polar surface area (TPSA) is 231 Å². The summed E-state index contributed by atoms with van der Waals surface area (Å²) in [4.78, 5) is 58.4. The predicted octanol–water partition coefficient (Wildman–Crippen LogP) is 19.3. The lowest BCUT2D eigenvalue weighted by Gasteiger charge is -2.21. The lowest BCUT2D eigenvalue weighted by Crippen LogP contribution is -2.30. The molecule has 5 unspecified atom stereocenters. The molecule has 0 saturated heterocycles. The number of hydrogen-bond acceptors (Lipinski definition) is 14. The molecule has 5 atom stereocenters. The second-order valence-corrected chi connectivity index (χ2v) is 26.2. The van der Waals surface area contributed by atoms with Gasteiger partial charge in [0.05, 0.1) is 26.4 Å². The molecule has 0 spiro atoms. The molecule has 16 nitrogen and oxygen atoms in total. The summed E-state index contributed by atoms with van der Waals surface area (Å²) in [5.74, 6) is -1.60. The van der Waals surface area contributed by atoms with Gasteiger partial charge in [-0.3, -0.25) is 32.5 Å². The summed E-state index contributed by atoms with van der Waals surface area (Å²) < 4.78 is 60.9. The number of ether oxygens (including phenoxy) is 3. The van der Waals surface area contributed by atoms with Crippen LogP contribution in [0.4, 0.5) is 0 Å². The quantitative estimate of drug-likeness (QED) is 0.0146. The van der Waals surface area contributed by atoms with Crippen LogP contribution in [0.15, 0.2) is 85.1 Å². The van der Waals surface area contributed by atoms with Crippen LogP contribution in [0.5, 0.6) is 0 Å². The number of carbonyl (C=O) groups is 3. The highest BCUT2D eigenvalue weighted by Gasteiger charge is 2.29. The number of carbonyl (C=O) groups excluding carboxylic acids is 3. The normalized spacial score (nSPS) is 14.7. The summed E-state index contributed by atoms with van der Waals surface area (Å²) in [5.41, 5.74) is 0. The van der Waals surface area contributed by atoms with Crippen LogP contribution < -0.4 is 0 Å². The Labute approximate surface area is 540 Å². The van der Waals surface area contributed by atoms with Crippen molar-refractivity contribution < 1.29 is 75.8 Å². The van der Waals surface area contributed by atoms with E-state index in [1.807, 2.05) is 0 Å². The molecule has 0 saturated carbocycles. The maximum absolute atomic E-state index is 12.9. The lowest BCUT2D eigenvalue weighted by atomic mass is 10.1. The largest absolute Gasteiger partial charge is 0.472 e. The van der Waals surface area contributed by atoms with Gasteiger partial charge in [-0.1, -0.05) is 241 Å². The summed E-state index contributed by atoms with van der Waals surface area (Å²) >= 11 is 0. The zero-order valence-corrected chi connectivity index (χ0v) is 57.6. The number of phosphoric ester groups is 2. The number of aliphatic hydroxyl groups excluding tert-OH is 2. The Balaban J connectivity index is 4.61. The molecule has 0 amide bonds. The van der Waals surface area contributed by atoms with Crippen molar-refractivity contribution in [1.82, 2.24) is 0 Å². The van der Waals surface area contributed by atoms with Crippen LogP contribution in [0.3, 0.4) is 0 Å². The van der Waals surface area contributed by atoms with Crippen molar-refractivity contribution in [3.63, 3.8) is 0 Å². The number of aliphatic hydroxyl groups is 2. The molecule has 0 aromatic carbocycles. The monoisotopic (exact) mass is 1300 g/mol. The Kier molecular flexibility index (Phi) is 62.4. The molecule has 0 radical (unpaired) electrons. The first-order chi connectivity index (χ1) is 43.2. The molecule has 4 N–H and O–H groups in total. The summed E-state index contributed by atoms with van der Waals surface area (Å²) in [6.45, 7) is 2.53. The minimum atomic E-state index is -4.92. The molecule has 0 aliphatic rings. The van der Waals surface area contributed by atoms with Crippen LogP contribution in [-0.4, -0.2) is 95.9 Å². The van der Waals surface area contributed by atoms with Gasteiger partial charge in [0.1, 0.15) is 25.4 Å². The maximum atomic E-state index is 12.9. The summed E-state index contributed by atoms with van der Waals surface area (Å²) in [6.07, 6.45) is 69.2. The van der Waals surface area contributed by atoms with Crippen molar-refractivity contribution in [2.75, 3.05) is 39.6 Å². The third kappa shape index (κ3) is 66.0. The molecule has 0 rings (SSSR count). The van der Waals surface area contributed by atoms with Crippen LogP contribution in [0.1, 0.15) is 290 Å². The average molecular weight is 1300 g/mol. The van der Waals surface area contributed by atoms with Crippen LogP contribution in [-0.2, 0) is 55.8 Å². The van der Waals surface area contributed by atoms with E-state index in [0.717, 1.165) is 154 Å². The maximum Gasteiger partial charge on any atom is 0.472 e. The van der Waals surface area contributed by atoms with Crippen molar-refractivity contribution in [1.29, 1.82) is 0 Å². The molecule has 0 aliphatic carbocycles. The standard InChI is InChI=1S/C71H126O16P2/c1-4-7-10-13-16-19-22-25-28-29-30-31-32-33-34-35-38-40-42-45-48-51-54-57-69(74)81-60-66(72)61-83-88(77,78)84-62-67(73)63-85-89(79,80)86-65-68(87-71(76)59-56-53-50-47-44-41-37-27-24-21-18-15-12-9-6-3)64-82-70(75)58-55-52-49-46-43-39-36-26-23-20-17-14-11-8-5-2/h7,10,16,19,25-28,30-31,33-34,36-37,66-68,72-73H,4-6,8-9,11-15,17-18,20-24,29,32,35,38-65H2,1-3H3,(H,77,78)(H,79,80)/b10-7-,19-16-,28-25-,31-30-,34-33-,36-26-,37-27-. The predicted molar refractivity (Wildman–Crippen MR) is 362 cm³/mol. The fraction of sp³-hybridized carbons (Fsp3) is 0.761. The lowest BCUT2D eigenvalue weighted by molar-refractivity contribution is -0.161. The number of phosphoric acid groups is 2. The molecule has 0 aromatic rings. The van der Waals surface area contributed by atoms with Crippen molar-refractivity contribution in [2.45, 2.75) is 309 Å². The van der Waals surface area contributed by atoms with Crippen LogP contribution in [0.25, 0.3) is 0 Å². The fourth-order valence-corrected chi connectivity index (χ4v) is 10.8. The van der Waals surface area contributed by atoms with E-state index >= 15 is 0 Å². The molecule has 0 aromatic heterocycles. The van der Waals surface area contributed by atoms with Crippen molar-refractivity contribution >= 4 is 33.6 Å². The first-order valence-electron chi connectivity index (χ1n) is 34.9. The van der Waals surface area contributed by atoms with Gasteiger partial charge in [0.15, 0.2) is 6.10 Å². The fourth-order valence-electron chi connectivity index (χ4n) is 9.23. The molecular weight excluding hydrogens is 1170 g/mol. The number of unbranched alkanes of at least 4 members (excludes halogenated alkanes) is 29. The van der Waals surface area contributed by atoms with Gasteiger partial charge in [-0.15, -0.1) is 0 Å². The average Bonchev–Trinajstić information content (AvgIpc) is 3.65. The first-order valence-corrected chi connectivity index (χ1v) is 37.9. The Morgan fingerprint density at radius 2 is 0.596 bits per heavy atom. The van der Waals surface area contributed by atoms with Gasteiger partial charge in [0, 0.05) is 19.3 Å². The van der Waals surface area contributed by atoms with Gasteiger partial charge in [-0.05, 0) is 116 Å². The van der Waals surface area contributed by atoms with E-state index in [1.54, 1.807) is 0 Å². The number of hydrogen-bond donors (Lipinski definition) is 4. The molecule has 18 heteroatoms. The minimum Gasteiger partial charge on any atom is -0.463 e. The number of esters is 3. The Bertz CT molecular complexity index is 1970.